The van der Waals surface area contributed by atoms with Crippen LogP contribution in [0.4, 0.5) is 0 Å². The van der Waals surface area contributed by atoms with Gasteiger partial charge in [0.1, 0.15) is 5.58 Å². The van der Waals surface area contributed by atoms with Crippen molar-refractivity contribution in [1.82, 2.24) is 19.5 Å². The van der Waals surface area contributed by atoms with Gasteiger partial charge in [0.2, 0.25) is 0 Å². The summed E-state index contributed by atoms with van der Waals surface area (Å²) in [6.45, 7) is 0. The van der Waals surface area contributed by atoms with Crippen LogP contribution < -0.4 is 0 Å². The molecule has 5 nitrogen and oxygen atoms in total. The van der Waals surface area contributed by atoms with Crippen LogP contribution in [0.15, 0.2) is 186 Å². The Kier molecular flexibility index (Phi) is 6.82. The Labute approximate surface area is 341 Å². The molecule has 0 saturated heterocycles. The highest BCUT2D eigenvalue weighted by atomic mass is 32.1. The summed E-state index contributed by atoms with van der Waals surface area (Å²) in [5.74, 6) is 1.85. The number of para-hydroxylation sites is 2. The van der Waals surface area contributed by atoms with Crippen molar-refractivity contribution in [1.29, 1.82) is 0 Å². The topological polar surface area (TPSA) is 56.7 Å². The van der Waals surface area contributed by atoms with E-state index in [9.17, 15) is 0 Å². The largest absolute Gasteiger partial charge is 0.454 e. The van der Waals surface area contributed by atoms with E-state index in [4.69, 9.17) is 19.4 Å². The predicted octanol–water partition coefficient (Wildman–Crippen LogP) is 14.5. The first-order valence-corrected chi connectivity index (χ1v) is 20.6. The Balaban J connectivity index is 1.13. The first-order chi connectivity index (χ1) is 29.2. The number of furan rings is 1. The Morgan fingerprint density at radius 3 is 1.93 bits per heavy atom. The van der Waals surface area contributed by atoms with Crippen LogP contribution in [0.25, 0.3) is 125 Å². The molecule has 0 aliphatic heterocycles. The zero-order valence-corrected chi connectivity index (χ0v) is 32.2. The molecule has 0 fully saturated rings. The predicted molar refractivity (Wildman–Crippen MR) is 246 cm³/mol. The van der Waals surface area contributed by atoms with Crippen LogP contribution in [-0.2, 0) is 0 Å². The summed E-state index contributed by atoms with van der Waals surface area (Å²) in [5.41, 5.74) is 7.56. The van der Waals surface area contributed by atoms with E-state index in [1.807, 2.05) is 12.1 Å². The van der Waals surface area contributed by atoms with Gasteiger partial charge in [-0.15, -0.1) is 11.3 Å². The molecule has 13 aromatic rings. The maximum atomic E-state index is 6.81. The molecule has 59 heavy (non-hydrogen) atoms. The zero-order chi connectivity index (χ0) is 38.6. The van der Waals surface area contributed by atoms with Crippen molar-refractivity contribution in [2.75, 3.05) is 0 Å². The second kappa shape index (κ2) is 12.4. The lowest BCUT2D eigenvalue weighted by atomic mass is 10.0. The Morgan fingerprint density at radius 1 is 0.407 bits per heavy atom. The van der Waals surface area contributed by atoms with Gasteiger partial charge in [-0.1, -0.05) is 127 Å². The maximum Gasteiger partial charge on any atom is 0.165 e. The Hall–Kier alpha value is -7.67. The molecule has 274 valence electrons. The van der Waals surface area contributed by atoms with Crippen LogP contribution in [0.1, 0.15) is 0 Å². The highest BCUT2D eigenvalue weighted by molar-refractivity contribution is 7.26. The standard InChI is InChI=1S/C53H30N4OS/c1-2-13-32-26-35(25-24-31(32)12-1)51-54-52(56-53(55-51)41-20-11-19-40-39-18-7-10-23-48(39)59-50(40)41)36-28-43-38-17-6-9-22-47(38)58-49(43)46(30-36)57-44-21-8-5-16-37(44)42-27-33-14-3-4-15-34(33)29-45(42)57/h1-30H. The minimum atomic E-state index is 0.593. The number of benzene rings is 9. The lowest BCUT2D eigenvalue weighted by molar-refractivity contribution is 0.666. The molecule has 0 atom stereocenters. The first-order valence-electron chi connectivity index (χ1n) is 19.8. The van der Waals surface area contributed by atoms with Crippen molar-refractivity contribution in [3.05, 3.63) is 182 Å². The van der Waals surface area contributed by atoms with Crippen LogP contribution >= 0.6 is 11.3 Å². The van der Waals surface area contributed by atoms with Crippen LogP contribution in [0.2, 0.25) is 0 Å². The van der Waals surface area contributed by atoms with Gasteiger partial charge in [0, 0.05) is 58.4 Å². The van der Waals surface area contributed by atoms with E-state index in [0.29, 0.717) is 17.5 Å². The number of nitrogens with zero attached hydrogens (tertiary/aromatic N) is 4. The van der Waals surface area contributed by atoms with Crippen molar-refractivity contribution in [3.8, 4) is 39.9 Å². The quantitative estimate of drug-likeness (QED) is 0.179. The van der Waals surface area contributed by atoms with Crippen molar-refractivity contribution in [3.63, 3.8) is 0 Å². The minimum Gasteiger partial charge on any atom is -0.454 e. The van der Waals surface area contributed by atoms with Gasteiger partial charge in [0.05, 0.1) is 16.7 Å². The first kappa shape index (κ1) is 32.4. The minimum absolute atomic E-state index is 0.593. The van der Waals surface area contributed by atoms with E-state index in [2.05, 4.69) is 174 Å². The van der Waals surface area contributed by atoms with Gasteiger partial charge < -0.3 is 8.98 Å². The molecular weight excluding hydrogens is 741 g/mol. The molecule has 0 saturated carbocycles. The molecular formula is C53H30N4OS. The SMILES string of the molecule is c1ccc2cc(-c3nc(-c4cc(-n5c6ccccc6c6cc7ccccc7cc65)c5oc6ccccc6c5c4)nc(-c4cccc5c4sc4ccccc45)n3)ccc2c1. The fourth-order valence-electron chi connectivity index (χ4n) is 9.03. The molecule has 13 rings (SSSR count). The van der Waals surface area contributed by atoms with Crippen molar-refractivity contribution in [2.24, 2.45) is 0 Å². The van der Waals surface area contributed by atoms with Gasteiger partial charge in [-0.2, -0.15) is 0 Å². The van der Waals surface area contributed by atoms with Crippen molar-refractivity contribution >= 4 is 96.8 Å². The fraction of sp³-hybridized carbons (Fsp3) is 0. The van der Waals surface area contributed by atoms with E-state index in [1.54, 1.807) is 11.3 Å². The Bertz CT molecular complexity index is 3870. The lowest BCUT2D eigenvalue weighted by Gasteiger charge is -2.13. The van der Waals surface area contributed by atoms with Crippen LogP contribution in [0.5, 0.6) is 0 Å². The molecule has 9 aromatic carbocycles. The molecule has 0 aliphatic carbocycles. The summed E-state index contributed by atoms with van der Waals surface area (Å²) in [6.07, 6.45) is 0. The van der Waals surface area contributed by atoms with E-state index >= 15 is 0 Å². The third kappa shape index (κ3) is 4.94. The summed E-state index contributed by atoms with van der Waals surface area (Å²) in [4.78, 5) is 16.0. The highest BCUT2D eigenvalue weighted by Crippen LogP contribution is 2.43. The smallest absolute Gasteiger partial charge is 0.165 e. The second-order valence-corrected chi connectivity index (χ2v) is 16.2. The van der Waals surface area contributed by atoms with Crippen LogP contribution in [0, 0.1) is 0 Å². The fourth-order valence-corrected chi connectivity index (χ4v) is 10.2. The molecule has 0 bridgehead atoms. The van der Waals surface area contributed by atoms with Crippen molar-refractivity contribution < 1.29 is 4.42 Å². The molecule has 0 amide bonds. The summed E-state index contributed by atoms with van der Waals surface area (Å²) < 4.78 is 11.6. The number of thiophene rings is 1. The molecule has 0 radical (unpaired) electrons. The number of aromatic nitrogens is 4. The summed E-state index contributed by atoms with van der Waals surface area (Å²) >= 11 is 1.78. The van der Waals surface area contributed by atoms with Gasteiger partial charge in [-0.05, 0) is 76.1 Å². The molecule has 0 aliphatic rings. The van der Waals surface area contributed by atoms with E-state index < -0.39 is 0 Å². The van der Waals surface area contributed by atoms with Gasteiger partial charge in [0.25, 0.3) is 0 Å². The van der Waals surface area contributed by atoms with Gasteiger partial charge >= 0.3 is 0 Å². The summed E-state index contributed by atoms with van der Waals surface area (Å²) in [7, 11) is 0. The van der Waals surface area contributed by atoms with E-state index in [0.717, 1.165) is 65.4 Å². The molecule has 4 heterocycles. The number of fused-ring (bicyclic) bond motifs is 11. The number of hydrogen-bond acceptors (Lipinski definition) is 5. The second-order valence-electron chi connectivity index (χ2n) is 15.2. The lowest BCUT2D eigenvalue weighted by Crippen LogP contribution is -2.01. The molecule has 0 N–H and O–H groups in total. The highest BCUT2D eigenvalue weighted by Gasteiger charge is 2.23. The monoisotopic (exact) mass is 770 g/mol. The van der Waals surface area contributed by atoms with Crippen molar-refractivity contribution in [2.45, 2.75) is 0 Å². The van der Waals surface area contributed by atoms with Crippen LogP contribution in [-0.4, -0.2) is 19.5 Å². The zero-order valence-electron chi connectivity index (χ0n) is 31.4. The maximum absolute atomic E-state index is 6.81. The third-order valence-electron chi connectivity index (χ3n) is 11.8. The normalized spacial score (nSPS) is 12.1. The summed E-state index contributed by atoms with van der Waals surface area (Å²) in [6, 6.07) is 64.4. The van der Waals surface area contributed by atoms with Crippen LogP contribution in [0.3, 0.4) is 0 Å². The third-order valence-corrected chi connectivity index (χ3v) is 13.0. The van der Waals surface area contributed by atoms with Gasteiger partial charge in [0.15, 0.2) is 23.1 Å². The van der Waals surface area contributed by atoms with E-state index in [1.165, 1.54) is 42.4 Å². The van der Waals surface area contributed by atoms with Gasteiger partial charge in [-0.25, -0.2) is 15.0 Å². The van der Waals surface area contributed by atoms with E-state index in [-0.39, 0.29) is 0 Å². The molecule has 4 aromatic heterocycles. The average molecular weight is 771 g/mol. The van der Waals surface area contributed by atoms with Gasteiger partial charge in [-0.3, -0.25) is 0 Å². The number of hydrogen-bond donors (Lipinski definition) is 0. The molecule has 0 spiro atoms. The molecule has 6 heteroatoms. The summed E-state index contributed by atoms with van der Waals surface area (Å²) in [5, 5.41) is 11.5. The average Bonchev–Trinajstić information content (AvgIpc) is 3.97. The number of rotatable bonds is 4. The Morgan fingerprint density at radius 2 is 1.07 bits per heavy atom. The molecule has 0 unspecified atom stereocenters.